The molecule has 0 spiro atoms. The number of carbonyl (C=O) groups excluding carboxylic acids is 1. The molecule has 0 heterocycles. The number of hydrogen-bond donors (Lipinski definition) is 2. The monoisotopic (exact) mass is 250 g/mol. The Balaban J connectivity index is 2.56. The average molecular weight is 250 g/mol. The van der Waals surface area contributed by atoms with Crippen LogP contribution in [-0.2, 0) is 4.79 Å². The van der Waals surface area contributed by atoms with Gasteiger partial charge >= 0.3 is 0 Å². The topological polar surface area (TPSA) is 64.3 Å². The molecule has 96 valence electrons. The maximum Gasteiger partial charge on any atom is 0.258 e. The Bertz CT molecular complexity index is 467. The second-order valence-corrected chi connectivity index (χ2v) is 3.74. The van der Waals surface area contributed by atoms with E-state index in [-0.39, 0.29) is 24.8 Å². The van der Waals surface area contributed by atoms with Gasteiger partial charge in [0, 0.05) is 17.7 Å². The SMILES string of the molecule is C#CCNC(=O)COc1ccc(C(C)N)c(F)c1. The van der Waals surface area contributed by atoms with Gasteiger partial charge in [0.25, 0.3) is 5.91 Å². The molecule has 0 aliphatic rings. The fourth-order valence-corrected chi connectivity index (χ4v) is 1.32. The molecular formula is C13H15FN2O2. The third kappa shape index (κ3) is 4.07. The van der Waals surface area contributed by atoms with Crippen LogP contribution < -0.4 is 15.8 Å². The molecule has 1 aromatic carbocycles. The molecule has 0 aromatic heterocycles. The van der Waals surface area contributed by atoms with Gasteiger partial charge in [0.15, 0.2) is 6.61 Å². The number of ether oxygens (including phenoxy) is 1. The molecule has 1 atom stereocenters. The number of benzene rings is 1. The van der Waals surface area contributed by atoms with Gasteiger partial charge in [0.1, 0.15) is 11.6 Å². The lowest BCUT2D eigenvalue weighted by molar-refractivity contribution is -0.122. The maximum absolute atomic E-state index is 13.5. The normalized spacial score (nSPS) is 11.4. The number of carbonyl (C=O) groups is 1. The molecular weight excluding hydrogens is 235 g/mol. The number of halogens is 1. The van der Waals surface area contributed by atoms with E-state index in [1.165, 1.54) is 12.1 Å². The van der Waals surface area contributed by atoms with E-state index in [4.69, 9.17) is 16.9 Å². The Labute approximate surface area is 105 Å². The molecule has 1 aromatic rings. The van der Waals surface area contributed by atoms with E-state index >= 15 is 0 Å². The van der Waals surface area contributed by atoms with E-state index in [1.807, 2.05) is 0 Å². The van der Waals surface area contributed by atoms with E-state index in [0.717, 1.165) is 0 Å². The van der Waals surface area contributed by atoms with E-state index < -0.39 is 11.9 Å². The smallest absolute Gasteiger partial charge is 0.258 e. The summed E-state index contributed by atoms with van der Waals surface area (Å²) >= 11 is 0. The van der Waals surface area contributed by atoms with Crippen molar-refractivity contribution in [2.24, 2.45) is 5.73 Å². The minimum absolute atomic E-state index is 0.139. The third-order valence-corrected chi connectivity index (χ3v) is 2.22. The summed E-state index contributed by atoms with van der Waals surface area (Å²) in [6.07, 6.45) is 4.98. The van der Waals surface area contributed by atoms with Crippen LogP contribution in [0, 0.1) is 18.2 Å². The van der Waals surface area contributed by atoms with Crippen molar-refractivity contribution < 1.29 is 13.9 Å². The minimum atomic E-state index is -0.452. The Kier molecular flexibility index (Phi) is 5.15. The predicted octanol–water partition coefficient (Wildman–Crippen LogP) is 0.974. The second-order valence-electron chi connectivity index (χ2n) is 3.74. The van der Waals surface area contributed by atoms with E-state index in [9.17, 15) is 9.18 Å². The van der Waals surface area contributed by atoms with Gasteiger partial charge in [-0.05, 0) is 13.0 Å². The lowest BCUT2D eigenvalue weighted by Gasteiger charge is -2.10. The van der Waals surface area contributed by atoms with Gasteiger partial charge in [0.05, 0.1) is 6.54 Å². The van der Waals surface area contributed by atoms with Gasteiger partial charge in [-0.15, -0.1) is 6.42 Å². The van der Waals surface area contributed by atoms with Gasteiger partial charge in [-0.25, -0.2) is 4.39 Å². The highest BCUT2D eigenvalue weighted by molar-refractivity contribution is 5.77. The summed E-state index contributed by atoms with van der Waals surface area (Å²) in [5.41, 5.74) is 5.98. The highest BCUT2D eigenvalue weighted by Crippen LogP contribution is 2.20. The zero-order chi connectivity index (χ0) is 13.5. The summed E-state index contributed by atoms with van der Waals surface area (Å²) < 4.78 is 18.7. The van der Waals surface area contributed by atoms with Crippen LogP contribution in [0.2, 0.25) is 0 Å². The van der Waals surface area contributed by atoms with Crippen molar-refractivity contribution >= 4 is 5.91 Å². The molecule has 0 aliphatic carbocycles. The Hall–Kier alpha value is -2.06. The standard InChI is InChI=1S/C13H15FN2O2/c1-3-6-16-13(17)8-18-10-4-5-11(9(2)15)12(14)7-10/h1,4-5,7,9H,6,8,15H2,2H3,(H,16,17). The first-order valence-electron chi connectivity index (χ1n) is 5.42. The lowest BCUT2D eigenvalue weighted by Crippen LogP contribution is -2.29. The van der Waals surface area contributed by atoms with E-state index in [0.29, 0.717) is 5.56 Å². The fraction of sp³-hybridized carbons (Fsp3) is 0.308. The zero-order valence-electron chi connectivity index (χ0n) is 10.1. The van der Waals surface area contributed by atoms with Gasteiger partial charge in [-0.1, -0.05) is 12.0 Å². The molecule has 0 aliphatic heterocycles. The summed E-state index contributed by atoms with van der Waals surface area (Å²) in [6.45, 7) is 1.62. The van der Waals surface area contributed by atoms with Gasteiger partial charge in [-0.2, -0.15) is 0 Å². The van der Waals surface area contributed by atoms with Crippen molar-refractivity contribution in [3.63, 3.8) is 0 Å². The van der Waals surface area contributed by atoms with Crippen molar-refractivity contribution in [2.75, 3.05) is 13.2 Å². The Morgan fingerprint density at radius 3 is 2.94 bits per heavy atom. The molecule has 1 rings (SSSR count). The van der Waals surface area contributed by atoms with Gasteiger partial charge < -0.3 is 15.8 Å². The highest BCUT2D eigenvalue weighted by Gasteiger charge is 2.09. The largest absolute Gasteiger partial charge is 0.484 e. The number of nitrogens with one attached hydrogen (secondary N) is 1. The first-order valence-corrected chi connectivity index (χ1v) is 5.42. The molecule has 5 heteroatoms. The maximum atomic E-state index is 13.5. The Morgan fingerprint density at radius 2 is 2.39 bits per heavy atom. The molecule has 4 nitrogen and oxygen atoms in total. The summed E-state index contributed by atoms with van der Waals surface area (Å²) in [5, 5.41) is 2.43. The first kappa shape index (κ1) is 14.0. The van der Waals surface area contributed by atoms with Crippen LogP contribution >= 0.6 is 0 Å². The minimum Gasteiger partial charge on any atom is -0.484 e. The number of nitrogens with two attached hydrogens (primary N) is 1. The summed E-state index contributed by atoms with van der Waals surface area (Å²) in [4.78, 5) is 11.2. The molecule has 3 N–H and O–H groups in total. The molecule has 0 fully saturated rings. The van der Waals surface area contributed by atoms with E-state index in [2.05, 4.69) is 11.2 Å². The first-order chi connectivity index (χ1) is 8.54. The molecule has 0 saturated heterocycles. The van der Waals surface area contributed by atoms with Crippen molar-refractivity contribution in [2.45, 2.75) is 13.0 Å². The summed E-state index contributed by atoms with van der Waals surface area (Å²) in [7, 11) is 0. The molecule has 1 unspecified atom stereocenters. The lowest BCUT2D eigenvalue weighted by atomic mass is 10.1. The number of terminal acetylenes is 1. The fourth-order valence-electron chi connectivity index (χ4n) is 1.32. The quantitative estimate of drug-likeness (QED) is 0.765. The van der Waals surface area contributed by atoms with Crippen LogP contribution in [0.5, 0.6) is 5.75 Å². The van der Waals surface area contributed by atoms with Crippen molar-refractivity contribution in [1.29, 1.82) is 0 Å². The molecule has 1 amide bonds. The van der Waals surface area contributed by atoms with Crippen molar-refractivity contribution in [3.05, 3.63) is 29.6 Å². The van der Waals surface area contributed by atoms with Crippen molar-refractivity contribution in [1.82, 2.24) is 5.32 Å². The molecule has 18 heavy (non-hydrogen) atoms. The average Bonchev–Trinajstić information content (AvgIpc) is 2.33. The zero-order valence-corrected chi connectivity index (χ0v) is 10.1. The van der Waals surface area contributed by atoms with Crippen LogP contribution in [0.25, 0.3) is 0 Å². The molecule has 0 saturated carbocycles. The number of hydrogen-bond acceptors (Lipinski definition) is 3. The van der Waals surface area contributed by atoms with Crippen molar-refractivity contribution in [3.8, 4) is 18.1 Å². The van der Waals surface area contributed by atoms with Gasteiger partial charge in [0.2, 0.25) is 0 Å². The second kappa shape index (κ2) is 6.62. The van der Waals surface area contributed by atoms with Crippen LogP contribution in [0.4, 0.5) is 4.39 Å². The predicted molar refractivity (Wildman–Crippen MR) is 66.3 cm³/mol. The number of amides is 1. The van der Waals surface area contributed by atoms with Gasteiger partial charge in [-0.3, -0.25) is 4.79 Å². The Morgan fingerprint density at radius 1 is 1.67 bits per heavy atom. The van der Waals surface area contributed by atoms with Crippen LogP contribution in [0.15, 0.2) is 18.2 Å². The van der Waals surface area contributed by atoms with Crippen LogP contribution in [0.3, 0.4) is 0 Å². The van der Waals surface area contributed by atoms with Crippen LogP contribution in [0.1, 0.15) is 18.5 Å². The summed E-state index contributed by atoms with van der Waals surface area (Å²) in [5.74, 6) is 1.73. The molecule has 0 radical (unpaired) electrons. The van der Waals surface area contributed by atoms with Crippen LogP contribution in [-0.4, -0.2) is 19.1 Å². The summed E-state index contributed by atoms with van der Waals surface area (Å²) in [6, 6.07) is 3.91. The number of rotatable bonds is 5. The highest BCUT2D eigenvalue weighted by atomic mass is 19.1. The molecule has 0 bridgehead atoms. The third-order valence-electron chi connectivity index (χ3n) is 2.22. The van der Waals surface area contributed by atoms with E-state index in [1.54, 1.807) is 13.0 Å².